The number of fused-ring (bicyclic) bond motifs is 2. The number of nitrogens with one attached hydrogen (secondary N) is 2. The summed E-state index contributed by atoms with van der Waals surface area (Å²) < 4.78 is 10.5. The molecule has 0 heterocycles. The van der Waals surface area contributed by atoms with Crippen molar-refractivity contribution in [1.29, 1.82) is 0 Å². The lowest BCUT2D eigenvalue weighted by atomic mass is 9.93. The molecule has 0 aromatic heterocycles. The predicted molar refractivity (Wildman–Crippen MR) is 155 cm³/mol. The van der Waals surface area contributed by atoms with Crippen LogP contribution in [0.2, 0.25) is 0 Å². The van der Waals surface area contributed by atoms with Crippen LogP contribution in [-0.4, -0.2) is 38.0 Å². The Hall–Kier alpha value is -5.17. The SMILES string of the molecule is COc1ccc2cc(C(=O)c3ccc(C(=O)NCCNC(=O)OCc4ccccc4)c4ccccc34)ccc2c1. The van der Waals surface area contributed by atoms with E-state index in [1.54, 1.807) is 25.3 Å². The quantitative estimate of drug-likeness (QED) is 0.182. The molecule has 2 N–H and O–H groups in total. The predicted octanol–water partition coefficient (Wildman–Crippen LogP) is 5.89. The summed E-state index contributed by atoms with van der Waals surface area (Å²) in [6, 6.07) is 31.4. The highest BCUT2D eigenvalue weighted by atomic mass is 16.5. The second-order valence-corrected chi connectivity index (χ2v) is 9.21. The monoisotopic (exact) mass is 532 g/mol. The lowest BCUT2D eigenvalue weighted by molar-refractivity contribution is 0.0952. The van der Waals surface area contributed by atoms with Crippen molar-refractivity contribution in [2.24, 2.45) is 0 Å². The van der Waals surface area contributed by atoms with Crippen LogP contribution in [0.3, 0.4) is 0 Å². The number of methoxy groups -OCH3 is 1. The highest BCUT2D eigenvalue weighted by Gasteiger charge is 2.17. The summed E-state index contributed by atoms with van der Waals surface area (Å²) in [7, 11) is 1.62. The van der Waals surface area contributed by atoms with Crippen LogP contribution in [0.5, 0.6) is 5.75 Å². The largest absolute Gasteiger partial charge is 0.497 e. The minimum Gasteiger partial charge on any atom is -0.497 e. The molecule has 0 unspecified atom stereocenters. The topological polar surface area (TPSA) is 93.7 Å². The maximum Gasteiger partial charge on any atom is 0.407 e. The van der Waals surface area contributed by atoms with E-state index in [4.69, 9.17) is 9.47 Å². The molecule has 0 saturated heterocycles. The standard InChI is InChI=1S/C33H28N2O5/c1-39-26-14-13-23-19-25(12-11-24(23)20-26)31(36)29-15-16-30(28-10-6-5-9-27(28)29)32(37)34-17-18-35-33(38)40-21-22-7-3-2-4-8-22/h2-16,19-20H,17-18,21H2,1H3,(H,34,37)(H,35,38). The maximum atomic E-state index is 13.5. The summed E-state index contributed by atoms with van der Waals surface area (Å²) in [5, 5.41) is 8.73. The van der Waals surface area contributed by atoms with Gasteiger partial charge >= 0.3 is 6.09 Å². The molecule has 0 atom stereocenters. The second-order valence-electron chi connectivity index (χ2n) is 9.21. The van der Waals surface area contributed by atoms with Crippen molar-refractivity contribution in [3.05, 3.63) is 125 Å². The minimum atomic E-state index is -0.556. The third-order valence-corrected chi connectivity index (χ3v) is 6.62. The van der Waals surface area contributed by atoms with Crippen LogP contribution in [0.15, 0.2) is 103 Å². The molecule has 200 valence electrons. The maximum absolute atomic E-state index is 13.5. The molecule has 0 aliphatic carbocycles. The van der Waals surface area contributed by atoms with Gasteiger partial charge in [0, 0.05) is 29.8 Å². The number of ketones is 1. The van der Waals surface area contributed by atoms with Gasteiger partial charge in [-0.1, -0.05) is 72.8 Å². The van der Waals surface area contributed by atoms with Gasteiger partial charge in [-0.25, -0.2) is 4.79 Å². The summed E-state index contributed by atoms with van der Waals surface area (Å²) in [6.07, 6.45) is -0.556. The van der Waals surface area contributed by atoms with Crippen LogP contribution >= 0.6 is 0 Å². The first kappa shape index (κ1) is 26.4. The van der Waals surface area contributed by atoms with Crippen molar-refractivity contribution in [2.75, 3.05) is 20.2 Å². The number of amides is 2. The van der Waals surface area contributed by atoms with Gasteiger partial charge in [-0.3, -0.25) is 9.59 Å². The zero-order valence-corrected chi connectivity index (χ0v) is 22.0. The van der Waals surface area contributed by atoms with Crippen molar-refractivity contribution < 1.29 is 23.9 Å². The molecular formula is C33H28N2O5. The second kappa shape index (κ2) is 12.1. The molecule has 0 bridgehead atoms. The number of hydrogen-bond donors (Lipinski definition) is 2. The zero-order chi connectivity index (χ0) is 27.9. The van der Waals surface area contributed by atoms with Crippen molar-refractivity contribution in [2.45, 2.75) is 6.61 Å². The zero-order valence-electron chi connectivity index (χ0n) is 22.0. The van der Waals surface area contributed by atoms with E-state index in [-0.39, 0.29) is 31.4 Å². The first-order valence-electron chi connectivity index (χ1n) is 12.9. The highest BCUT2D eigenvalue weighted by Crippen LogP contribution is 2.27. The van der Waals surface area contributed by atoms with Crippen LogP contribution < -0.4 is 15.4 Å². The summed E-state index contributed by atoms with van der Waals surface area (Å²) in [5.41, 5.74) is 2.42. The van der Waals surface area contributed by atoms with E-state index in [9.17, 15) is 14.4 Å². The fourth-order valence-corrected chi connectivity index (χ4v) is 4.55. The lowest BCUT2D eigenvalue weighted by Gasteiger charge is -2.12. The van der Waals surface area contributed by atoms with Gasteiger partial charge in [0.1, 0.15) is 12.4 Å². The molecular weight excluding hydrogens is 504 g/mol. The van der Waals surface area contributed by atoms with Crippen molar-refractivity contribution >= 4 is 39.3 Å². The molecule has 0 aliphatic rings. The van der Waals surface area contributed by atoms with E-state index in [2.05, 4.69) is 10.6 Å². The average Bonchev–Trinajstić information content (AvgIpc) is 3.01. The molecule has 7 heteroatoms. The highest BCUT2D eigenvalue weighted by molar-refractivity contribution is 6.20. The number of carbonyl (C=O) groups is 3. The Labute approximate surface area is 231 Å². The van der Waals surface area contributed by atoms with E-state index >= 15 is 0 Å². The Morgan fingerprint density at radius 1 is 0.675 bits per heavy atom. The van der Waals surface area contributed by atoms with Gasteiger partial charge in [-0.05, 0) is 57.4 Å². The Balaban J connectivity index is 1.25. The molecule has 40 heavy (non-hydrogen) atoms. The molecule has 0 aliphatic heterocycles. The number of alkyl carbamates (subject to hydrolysis) is 1. The minimum absolute atomic E-state index is 0.126. The van der Waals surface area contributed by atoms with Gasteiger partial charge < -0.3 is 20.1 Å². The number of hydrogen-bond acceptors (Lipinski definition) is 5. The first-order valence-corrected chi connectivity index (χ1v) is 12.9. The van der Waals surface area contributed by atoms with E-state index < -0.39 is 6.09 Å². The molecule has 0 saturated carbocycles. The molecule has 0 radical (unpaired) electrons. The molecule has 0 fully saturated rings. The Morgan fingerprint density at radius 2 is 1.32 bits per heavy atom. The van der Waals surface area contributed by atoms with Crippen molar-refractivity contribution in [1.82, 2.24) is 10.6 Å². The van der Waals surface area contributed by atoms with Gasteiger partial charge in [-0.2, -0.15) is 0 Å². The van der Waals surface area contributed by atoms with Crippen LogP contribution in [0.25, 0.3) is 21.5 Å². The van der Waals surface area contributed by atoms with Gasteiger partial charge in [0.15, 0.2) is 5.78 Å². The van der Waals surface area contributed by atoms with E-state index in [1.807, 2.05) is 84.9 Å². The number of benzene rings is 5. The summed E-state index contributed by atoms with van der Waals surface area (Å²) >= 11 is 0. The molecule has 5 rings (SSSR count). The van der Waals surface area contributed by atoms with Crippen LogP contribution in [0.4, 0.5) is 4.79 Å². The third-order valence-electron chi connectivity index (χ3n) is 6.62. The molecule has 5 aromatic carbocycles. The fourth-order valence-electron chi connectivity index (χ4n) is 4.55. The Bertz CT molecular complexity index is 1700. The van der Waals surface area contributed by atoms with Crippen molar-refractivity contribution in [3.8, 4) is 5.75 Å². The summed E-state index contributed by atoms with van der Waals surface area (Å²) in [6.45, 7) is 0.599. The number of carbonyl (C=O) groups excluding carboxylic acids is 3. The van der Waals surface area contributed by atoms with E-state index in [1.165, 1.54) is 0 Å². The summed E-state index contributed by atoms with van der Waals surface area (Å²) in [5.74, 6) is 0.332. The Morgan fingerprint density at radius 3 is 2.10 bits per heavy atom. The molecule has 7 nitrogen and oxygen atoms in total. The molecule has 5 aromatic rings. The van der Waals surface area contributed by atoms with Gasteiger partial charge in [-0.15, -0.1) is 0 Å². The van der Waals surface area contributed by atoms with Crippen LogP contribution in [-0.2, 0) is 11.3 Å². The van der Waals surface area contributed by atoms with Crippen molar-refractivity contribution in [3.63, 3.8) is 0 Å². The van der Waals surface area contributed by atoms with Gasteiger partial charge in [0.05, 0.1) is 7.11 Å². The van der Waals surface area contributed by atoms with E-state index in [0.29, 0.717) is 27.5 Å². The van der Waals surface area contributed by atoms with Gasteiger partial charge in [0.25, 0.3) is 5.91 Å². The first-order chi connectivity index (χ1) is 19.5. The fraction of sp³-hybridized carbons (Fsp3) is 0.121. The smallest absolute Gasteiger partial charge is 0.407 e. The normalized spacial score (nSPS) is 10.7. The third kappa shape index (κ3) is 5.94. The number of ether oxygens (including phenoxy) is 2. The van der Waals surface area contributed by atoms with Crippen LogP contribution in [0, 0.1) is 0 Å². The summed E-state index contributed by atoms with van der Waals surface area (Å²) in [4.78, 5) is 38.5. The number of rotatable bonds is 9. The van der Waals surface area contributed by atoms with Crippen LogP contribution in [0.1, 0.15) is 31.8 Å². The average molecular weight is 533 g/mol. The lowest BCUT2D eigenvalue weighted by Crippen LogP contribution is -2.35. The van der Waals surface area contributed by atoms with Gasteiger partial charge in [0.2, 0.25) is 0 Å². The molecule has 0 spiro atoms. The molecule has 2 amide bonds. The van der Waals surface area contributed by atoms with E-state index in [0.717, 1.165) is 22.1 Å². The Kier molecular flexibility index (Phi) is 8.02.